The predicted octanol–water partition coefficient (Wildman–Crippen LogP) is -0.131. The van der Waals surface area contributed by atoms with Crippen LogP contribution in [0.3, 0.4) is 0 Å². The van der Waals surface area contributed by atoms with Crippen molar-refractivity contribution in [3.05, 3.63) is 33.9 Å². The Hall–Kier alpha value is -2.00. The molecule has 0 aliphatic heterocycles. The molecule has 0 amide bonds. The van der Waals surface area contributed by atoms with Crippen LogP contribution < -0.4 is 5.14 Å². The van der Waals surface area contributed by atoms with Crippen molar-refractivity contribution in [3.63, 3.8) is 0 Å². The third kappa shape index (κ3) is 3.23. The lowest BCUT2D eigenvalue weighted by Gasteiger charge is -2.02. The van der Waals surface area contributed by atoms with E-state index >= 15 is 0 Å². The SMILES string of the molecule is NS(=O)(=O)c1ccc(CC(=O)O)c([N+](=O)[O-])c1. The first-order valence-electron chi connectivity index (χ1n) is 4.23. The maximum atomic E-state index is 11.0. The van der Waals surface area contributed by atoms with Crippen LogP contribution in [0.15, 0.2) is 23.1 Å². The average Bonchev–Trinajstić information content (AvgIpc) is 2.15. The average molecular weight is 260 g/mol. The minimum Gasteiger partial charge on any atom is -0.481 e. The van der Waals surface area contributed by atoms with Gasteiger partial charge in [-0.1, -0.05) is 6.07 Å². The van der Waals surface area contributed by atoms with E-state index in [2.05, 4.69) is 0 Å². The molecular weight excluding hydrogens is 252 g/mol. The minimum absolute atomic E-state index is 0.0881. The van der Waals surface area contributed by atoms with Crippen molar-refractivity contribution in [2.75, 3.05) is 0 Å². The van der Waals surface area contributed by atoms with Gasteiger partial charge in [0.1, 0.15) is 0 Å². The molecular formula is C8H8N2O6S. The Balaban J connectivity index is 3.37. The number of carboxylic acids is 1. The van der Waals surface area contributed by atoms with E-state index in [9.17, 15) is 23.3 Å². The maximum absolute atomic E-state index is 11.0. The third-order valence-corrected chi connectivity index (χ3v) is 2.83. The fourth-order valence-electron chi connectivity index (χ4n) is 1.20. The number of carboxylic acid groups (broad SMARTS) is 1. The molecule has 0 bridgehead atoms. The van der Waals surface area contributed by atoms with Gasteiger partial charge in [-0.15, -0.1) is 0 Å². The van der Waals surface area contributed by atoms with Gasteiger partial charge in [0.15, 0.2) is 0 Å². The number of hydrogen-bond donors (Lipinski definition) is 2. The lowest BCUT2D eigenvalue weighted by Crippen LogP contribution is -2.13. The molecule has 0 unspecified atom stereocenters. The zero-order valence-corrected chi connectivity index (χ0v) is 9.18. The number of carbonyl (C=O) groups is 1. The summed E-state index contributed by atoms with van der Waals surface area (Å²) in [6, 6.07) is 2.83. The molecule has 0 spiro atoms. The molecule has 9 heteroatoms. The van der Waals surface area contributed by atoms with Gasteiger partial charge in [0, 0.05) is 11.6 Å². The summed E-state index contributed by atoms with van der Waals surface area (Å²) >= 11 is 0. The van der Waals surface area contributed by atoms with Gasteiger partial charge in [-0.05, 0) is 6.07 Å². The Morgan fingerprint density at radius 2 is 2.06 bits per heavy atom. The summed E-state index contributed by atoms with van der Waals surface area (Å²) in [4.78, 5) is 19.8. The van der Waals surface area contributed by atoms with Crippen LogP contribution in [0.4, 0.5) is 5.69 Å². The molecule has 0 heterocycles. The number of nitrogens with two attached hydrogens (primary N) is 1. The van der Waals surface area contributed by atoms with Crippen LogP contribution >= 0.6 is 0 Å². The van der Waals surface area contributed by atoms with E-state index in [1.165, 1.54) is 0 Å². The lowest BCUT2D eigenvalue weighted by molar-refractivity contribution is -0.385. The number of primary sulfonamides is 1. The minimum atomic E-state index is -4.06. The number of sulfonamides is 1. The van der Waals surface area contributed by atoms with Crippen LogP contribution in [0.25, 0.3) is 0 Å². The van der Waals surface area contributed by atoms with Crippen LogP contribution in [-0.2, 0) is 21.2 Å². The van der Waals surface area contributed by atoms with Gasteiger partial charge < -0.3 is 5.11 Å². The summed E-state index contributed by atoms with van der Waals surface area (Å²) in [6.45, 7) is 0. The van der Waals surface area contributed by atoms with Gasteiger partial charge in [-0.2, -0.15) is 0 Å². The maximum Gasteiger partial charge on any atom is 0.308 e. The molecule has 0 aliphatic rings. The summed E-state index contributed by atoms with van der Waals surface area (Å²) < 4.78 is 22.0. The molecule has 0 atom stereocenters. The Kier molecular flexibility index (Phi) is 3.44. The number of aliphatic carboxylic acids is 1. The van der Waals surface area contributed by atoms with Crippen LogP contribution in [0.2, 0.25) is 0 Å². The third-order valence-electron chi connectivity index (χ3n) is 1.92. The first-order chi connectivity index (χ1) is 7.71. The zero-order valence-electron chi connectivity index (χ0n) is 8.36. The van der Waals surface area contributed by atoms with E-state index < -0.39 is 37.9 Å². The van der Waals surface area contributed by atoms with Gasteiger partial charge in [0.25, 0.3) is 5.69 Å². The van der Waals surface area contributed by atoms with Crippen molar-refractivity contribution in [1.29, 1.82) is 0 Å². The van der Waals surface area contributed by atoms with E-state index in [4.69, 9.17) is 10.2 Å². The van der Waals surface area contributed by atoms with Crippen LogP contribution in [0.5, 0.6) is 0 Å². The van der Waals surface area contributed by atoms with Crippen LogP contribution in [0.1, 0.15) is 5.56 Å². The molecule has 8 nitrogen and oxygen atoms in total. The number of hydrogen-bond acceptors (Lipinski definition) is 5. The van der Waals surface area contributed by atoms with E-state index in [1.54, 1.807) is 0 Å². The molecule has 0 radical (unpaired) electrons. The second-order valence-electron chi connectivity index (χ2n) is 3.16. The highest BCUT2D eigenvalue weighted by atomic mass is 32.2. The Morgan fingerprint density at radius 1 is 1.47 bits per heavy atom. The second kappa shape index (κ2) is 4.47. The second-order valence-corrected chi connectivity index (χ2v) is 4.72. The molecule has 3 N–H and O–H groups in total. The summed E-state index contributed by atoms with van der Waals surface area (Å²) in [7, 11) is -4.06. The zero-order chi connectivity index (χ0) is 13.2. The fourth-order valence-corrected chi connectivity index (χ4v) is 1.74. The summed E-state index contributed by atoms with van der Waals surface area (Å²) in [5.41, 5.74) is -0.672. The molecule has 1 aromatic carbocycles. The van der Waals surface area contributed by atoms with Crippen LogP contribution in [0, 0.1) is 10.1 Å². The highest BCUT2D eigenvalue weighted by Crippen LogP contribution is 2.22. The van der Waals surface area contributed by atoms with Gasteiger partial charge in [-0.3, -0.25) is 14.9 Å². The van der Waals surface area contributed by atoms with Crippen molar-refractivity contribution in [2.24, 2.45) is 5.14 Å². The smallest absolute Gasteiger partial charge is 0.308 e. The quantitative estimate of drug-likeness (QED) is 0.570. The normalized spacial score (nSPS) is 11.1. The largest absolute Gasteiger partial charge is 0.481 e. The van der Waals surface area contributed by atoms with Gasteiger partial charge >= 0.3 is 5.97 Å². The van der Waals surface area contributed by atoms with Crippen molar-refractivity contribution < 1.29 is 23.2 Å². The molecule has 0 saturated heterocycles. The Morgan fingerprint density at radius 3 is 2.47 bits per heavy atom. The Labute approximate surface area is 95.9 Å². The van der Waals surface area contributed by atoms with Crippen molar-refractivity contribution >= 4 is 21.7 Å². The first-order valence-corrected chi connectivity index (χ1v) is 5.78. The molecule has 17 heavy (non-hydrogen) atoms. The van der Waals surface area contributed by atoms with Gasteiger partial charge in [-0.25, -0.2) is 13.6 Å². The number of nitrogens with zero attached hydrogens (tertiary/aromatic N) is 1. The number of benzene rings is 1. The first kappa shape index (κ1) is 13.1. The van der Waals surface area contributed by atoms with Crippen molar-refractivity contribution in [2.45, 2.75) is 11.3 Å². The van der Waals surface area contributed by atoms with E-state index in [0.717, 1.165) is 18.2 Å². The Bertz CT molecular complexity index is 580. The molecule has 92 valence electrons. The highest BCUT2D eigenvalue weighted by Gasteiger charge is 2.20. The number of rotatable bonds is 4. The molecule has 0 saturated carbocycles. The molecule has 0 aromatic heterocycles. The van der Waals surface area contributed by atoms with Crippen molar-refractivity contribution in [1.82, 2.24) is 0 Å². The summed E-state index contributed by atoms with van der Waals surface area (Å²) in [5, 5.41) is 24.0. The summed E-state index contributed by atoms with van der Waals surface area (Å²) in [6.07, 6.45) is -0.568. The topological polar surface area (TPSA) is 141 Å². The predicted molar refractivity (Wildman–Crippen MR) is 55.8 cm³/mol. The van der Waals surface area contributed by atoms with Gasteiger partial charge in [0.2, 0.25) is 10.0 Å². The molecule has 0 fully saturated rings. The summed E-state index contributed by atoms with van der Waals surface area (Å²) in [5.74, 6) is -1.25. The fraction of sp³-hybridized carbons (Fsp3) is 0.125. The standard InChI is InChI=1S/C8H8N2O6S/c9-17(15,16)6-2-1-5(3-8(11)12)7(4-6)10(13)14/h1-2,4H,3H2,(H,11,12)(H2,9,15,16). The number of nitro groups is 1. The van der Waals surface area contributed by atoms with Crippen LogP contribution in [-0.4, -0.2) is 24.4 Å². The van der Waals surface area contributed by atoms with E-state index in [1.807, 2.05) is 0 Å². The molecule has 0 aliphatic carbocycles. The molecule has 1 aromatic rings. The van der Waals surface area contributed by atoms with Gasteiger partial charge in [0.05, 0.1) is 16.2 Å². The van der Waals surface area contributed by atoms with E-state index in [0.29, 0.717) is 0 Å². The monoisotopic (exact) mass is 260 g/mol. The van der Waals surface area contributed by atoms with Crippen molar-refractivity contribution in [3.8, 4) is 0 Å². The number of nitro benzene ring substituents is 1. The molecule has 1 rings (SSSR count). The lowest BCUT2D eigenvalue weighted by atomic mass is 10.1. The highest BCUT2D eigenvalue weighted by molar-refractivity contribution is 7.89. The van der Waals surface area contributed by atoms with E-state index in [-0.39, 0.29) is 5.56 Å².